The lowest BCUT2D eigenvalue weighted by atomic mass is 10.2. The summed E-state index contributed by atoms with van der Waals surface area (Å²) in [7, 11) is 0. The smallest absolute Gasteiger partial charge is 0.354 e. The molecule has 3 aromatic rings. The van der Waals surface area contributed by atoms with Gasteiger partial charge in [-0.3, -0.25) is 4.98 Å². The molecule has 0 amide bonds. The van der Waals surface area contributed by atoms with Gasteiger partial charge in [-0.25, -0.2) is 4.79 Å². The highest BCUT2D eigenvalue weighted by Crippen LogP contribution is 2.32. The van der Waals surface area contributed by atoms with Crippen LogP contribution in [0.2, 0.25) is 5.02 Å². The third kappa shape index (κ3) is 2.19. The van der Waals surface area contributed by atoms with Crippen LogP contribution in [-0.2, 0) is 0 Å². The number of carbonyl (C=O) groups is 1. The van der Waals surface area contributed by atoms with Crippen LogP contribution in [0.1, 0.15) is 10.5 Å². The van der Waals surface area contributed by atoms with E-state index < -0.39 is 5.97 Å². The maximum absolute atomic E-state index is 11.3. The lowest BCUT2D eigenvalue weighted by Crippen LogP contribution is -2.01. The highest BCUT2D eigenvalue weighted by molar-refractivity contribution is 6.31. The molecule has 0 saturated heterocycles. The number of nitrogens with one attached hydrogen (secondary N) is 2. The molecule has 0 spiro atoms. The van der Waals surface area contributed by atoms with Crippen LogP contribution in [0.25, 0.3) is 10.9 Å². The number of pyridine rings is 1. The number of aromatic nitrogens is 2. The van der Waals surface area contributed by atoms with Gasteiger partial charge in [-0.15, -0.1) is 0 Å². The largest absolute Gasteiger partial charge is 0.477 e. The molecule has 100 valence electrons. The first-order valence-electron chi connectivity index (χ1n) is 5.87. The second kappa shape index (κ2) is 4.86. The summed E-state index contributed by atoms with van der Waals surface area (Å²) in [5.74, 6) is -1.03. The van der Waals surface area contributed by atoms with Crippen molar-refractivity contribution in [2.75, 3.05) is 5.32 Å². The monoisotopic (exact) mass is 287 g/mol. The van der Waals surface area contributed by atoms with Crippen LogP contribution in [-0.4, -0.2) is 21.0 Å². The fraction of sp³-hybridized carbons (Fsp3) is 0. The number of carboxylic acids is 1. The maximum atomic E-state index is 11.3. The first kappa shape index (κ1) is 12.5. The normalized spacial score (nSPS) is 10.7. The Morgan fingerprint density at radius 1 is 1.25 bits per heavy atom. The number of carboxylic acid groups (broad SMARTS) is 1. The first-order valence-corrected chi connectivity index (χ1v) is 6.24. The van der Waals surface area contributed by atoms with Gasteiger partial charge >= 0.3 is 5.97 Å². The van der Waals surface area contributed by atoms with Crippen LogP contribution in [0.4, 0.5) is 11.4 Å². The molecule has 0 bridgehead atoms. The number of anilines is 2. The number of rotatable bonds is 3. The summed E-state index contributed by atoms with van der Waals surface area (Å²) < 4.78 is 0. The lowest BCUT2D eigenvalue weighted by Gasteiger charge is -2.06. The zero-order chi connectivity index (χ0) is 14.1. The van der Waals surface area contributed by atoms with Crippen molar-refractivity contribution in [3.63, 3.8) is 0 Å². The van der Waals surface area contributed by atoms with Gasteiger partial charge in [-0.05, 0) is 30.3 Å². The molecule has 0 aliphatic rings. The Balaban J connectivity index is 2.18. The number of benzene rings is 1. The van der Waals surface area contributed by atoms with Crippen LogP contribution < -0.4 is 5.32 Å². The number of aromatic amines is 1. The summed E-state index contributed by atoms with van der Waals surface area (Å²) in [5, 5.41) is 13.7. The van der Waals surface area contributed by atoms with Crippen molar-refractivity contribution < 1.29 is 9.90 Å². The number of halogens is 1. The van der Waals surface area contributed by atoms with Gasteiger partial charge in [0.2, 0.25) is 0 Å². The fourth-order valence-electron chi connectivity index (χ4n) is 2.03. The predicted octanol–water partition coefficient (Wildman–Crippen LogP) is 3.66. The molecular weight excluding hydrogens is 278 g/mol. The van der Waals surface area contributed by atoms with Gasteiger partial charge in [0.05, 0.1) is 5.69 Å². The Morgan fingerprint density at radius 3 is 2.70 bits per heavy atom. The van der Waals surface area contributed by atoms with Gasteiger partial charge in [-0.2, -0.15) is 0 Å². The van der Waals surface area contributed by atoms with Gasteiger partial charge in [0.25, 0.3) is 0 Å². The molecule has 0 aliphatic carbocycles. The van der Waals surface area contributed by atoms with Crippen molar-refractivity contribution >= 4 is 39.8 Å². The Kier molecular flexibility index (Phi) is 3.04. The second-order valence-corrected chi connectivity index (χ2v) is 4.67. The molecule has 6 heteroatoms. The second-order valence-electron chi connectivity index (χ2n) is 4.23. The van der Waals surface area contributed by atoms with Gasteiger partial charge in [0.1, 0.15) is 5.69 Å². The molecule has 3 rings (SSSR count). The quantitative estimate of drug-likeness (QED) is 0.687. The summed E-state index contributed by atoms with van der Waals surface area (Å²) in [6, 6.07) is 8.71. The number of fused-ring (bicyclic) bond motifs is 1. The molecule has 0 atom stereocenters. The number of hydrogen-bond donors (Lipinski definition) is 3. The highest BCUT2D eigenvalue weighted by atomic mass is 35.5. The number of aromatic carboxylic acids is 1. The summed E-state index contributed by atoms with van der Waals surface area (Å²) in [6.07, 6.45) is 3.26. The molecule has 1 aromatic carbocycles. The lowest BCUT2D eigenvalue weighted by molar-refractivity contribution is 0.0692. The fourth-order valence-corrected chi connectivity index (χ4v) is 2.21. The number of H-pyrrole nitrogens is 1. The van der Waals surface area contributed by atoms with E-state index in [2.05, 4.69) is 15.3 Å². The average Bonchev–Trinajstić information content (AvgIpc) is 2.78. The van der Waals surface area contributed by atoms with E-state index in [0.717, 1.165) is 11.1 Å². The Bertz CT molecular complexity index is 784. The molecule has 0 radical (unpaired) electrons. The summed E-state index contributed by atoms with van der Waals surface area (Å²) in [6.45, 7) is 0. The van der Waals surface area contributed by atoms with E-state index in [1.807, 2.05) is 0 Å². The standard InChI is InChI=1S/C14H10ClN3O2/c15-8-1-2-11-10(7-8)12(13(18-11)14(19)20)17-9-3-5-16-6-4-9/h1-7,18H,(H,16,17)(H,19,20). The summed E-state index contributed by atoms with van der Waals surface area (Å²) in [4.78, 5) is 18.1. The first-order chi connectivity index (χ1) is 9.65. The molecular formula is C14H10ClN3O2. The molecule has 2 aromatic heterocycles. The van der Waals surface area contributed by atoms with Crippen LogP contribution in [0.15, 0.2) is 42.7 Å². The van der Waals surface area contributed by atoms with Crippen molar-refractivity contribution in [2.24, 2.45) is 0 Å². The topological polar surface area (TPSA) is 78.0 Å². The Hall–Kier alpha value is -2.53. The molecule has 0 aliphatic heterocycles. The van der Waals surface area contributed by atoms with Crippen LogP contribution in [0.3, 0.4) is 0 Å². The summed E-state index contributed by atoms with van der Waals surface area (Å²) >= 11 is 5.98. The molecule has 0 saturated carbocycles. The highest BCUT2D eigenvalue weighted by Gasteiger charge is 2.17. The maximum Gasteiger partial charge on any atom is 0.354 e. The number of nitrogens with zero attached hydrogens (tertiary/aromatic N) is 1. The molecule has 3 N–H and O–H groups in total. The van der Waals surface area contributed by atoms with Crippen molar-refractivity contribution in [3.8, 4) is 0 Å². The minimum absolute atomic E-state index is 0.0964. The van der Waals surface area contributed by atoms with E-state index in [4.69, 9.17) is 11.6 Å². The Morgan fingerprint density at radius 2 is 2.00 bits per heavy atom. The van der Waals surface area contributed by atoms with Gasteiger partial charge in [-0.1, -0.05) is 11.6 Å². The van der Waals surface area contributed by atoms with Crippen molar-refractivity contribution in [1.82, 2.24) is 9.97 Å². The molecule has 20 heavy (non-hydrogen) atoms. The zero-order valence-corrected chi connectivity index (χ0v) is 11.0. The van der Waals surface area contributed by atoms with Gasteiger partial charge in [0, 0.05) is 34.0 Å². The minimum Gasteiger partial charge on any atom is -0.477 e. The zero-order valence-electron chi connectivity index (χ0n) is 10.2. The van der Waals surface area contributed by atoms with E-state index >= 15 is 0 Å². The van der Waals surface area contributed by atoms with Crippen molar-refractivity contribution in [3.05, 3.63) is 53.4 Å². The molecule has 5 nitrogen and oxygen atoms in total. The van der Waals surface area contributed by atoms with Gasteiger partial charge in [0.15, 0.2) is 0 Å². The van der Waals surface area contributed by atoms with E-state index in [-0.39, 0.29) is 5.69 Å². The SMILES string of the molecule is O=C(O)c1[nH]c2ccc(Cl)cc2c1Nc1ccncc1. The van der Waals surface area contributed by atoms with Crippen molar-refractivity contribution in [1.29, 1.82) is 0 Å². The Labute approximate surface area is 119 Å². The van der Waals surface area contributed by atoms with E-state index in [1.54, 1.807) is 42.7 Å². The minimum atomic E-state index is -1.03. The third-order valence-electron chi connectivity index (χ3n) is 2.92. The van der Waals surface area contributed by atoms with Gasteiger partial charge < -0.3 is 15.4 Å². The van der Waals surface area contributed by atoms with E-state index in [0.29, 0.717) is 16.2 Å². The van der Waals surface area contributed by atoms with Crippen LogP contribution >= 0.6 is 11.6 Å². The van der Waals surface area contributed by atoms with Crippen molar-refractivity contribution in [2.45, 2.75) is 0 Å². The molecule has 2 heterocycles. The van der Waals surface area contributed by atoms with Crippen LogP contribution in [0.5, 0.6) is 0 Å². The molecule has 0 unspecified atom stereocenters. The number of hydrogen-bond acceptors (Lipinski definition) is 3. The van der Waals surface area contributed by atoms with Crippen LogP contribution in [0, 0.1) is 0 Å². The third-order valence-corrected chi connectivity index (χ3v) is 3.16. The van der Waals surface area contributed by atoms with E-state index in [9.17, 15) is 9.90 Å². The van der Waals surface area contributed by atoms with E-state index in [1.165, 1.54) is 0 Å². The molecule has 0 fully saturated rings. The summed E-state index contributed by atoms with van der Waals surface area (Å²) in [5.41, 5.74) is 2.05. The predicted molar refractivity (Wildman–Crippen MR) is 77.8 cm³/mol. The average molecular weight is 288 g/mol.